The molecule has 0 unspecified atom stereocenters. The fraction of sp³-hybridized carbons (Fsp3) is 0.200. The van der Waals surface area contributed by atoms with E-state index in [2.05, 4.69) is 26.0 Å². The van der Waals surface area contributed by atoms with Crippen LogP contribution < -0.4 is 11.5 Å². The van der Waals surface area contributed by atoms with Gasteiger partial charge >= 0.3 is 0 Å². The lowest BCUT2D eigenvalue weighted by Crippen LogP contribution is -2.21. The number of benzene rings is 2. The van der Waals surface area contributed by atoms with Crippen LogP contribution in [0, 0.1) is 0 Å². The summed E-state index contributed by atoms with van der Waals surface area (Å²) >= 11 is 0. The zero-order chi connectivity index (χ0) is 12.5. The Morgan fingerprint density at radius 3 is 2.12 bits per heavy atom. The van der Waals surface area contributed by atoms with Crippen LogP contribution in [-0.4, -0.2) is 0 Å². The van der Waals surface area contributed by atoms with Gasteiger partial charge in [0, 0.05) is 5.41 Å². The minimum Gasteiger partial charge on any atom is -0.397 e. The van der Waals surface area contributed by atoms with E-state index < -0.39 is 0 Å². The average Bonchev–Trinajstić information content (AvgIpc) is 2.33. The van der Waals surface area contributed by atoms with Crippen molar-refractivity contribution < 1.29 is 0 Å². The first-order valence-corrected chi connectivity index (χ1v) is 5.73. The monoisotopic (exact) mass is 226 g/mol. The van der Waals surface area contributed by atoms with Crippen LogP contribution in [0.5, 0.6) is 0 Å². The molecule has 2 aromatic rings. The van der Waals surface area contributed by atoms with Crippen molar-refractivity contribution in [3.05, 3.63) is 59.7 Å². The van der Waals surface area contributed by atoms with Gasteiger partial charge < -0.3 is 11.5 Å². The van der Waals surface area contributed by atoms with Crippen LogP contribution in [0.3, 0.4) is 0 Å². The third kappa shape index (κ3) is 1.98. The SMILES string of the molecule is CC(C)(c1ccccc1)c1cccc(N)c1N. The lowest BCUT2D eigenvalue weighted by Gasteiger charge is -2.28. The Kier molecular flexibility index (Phi) is 2.80. The van der Waals surface area contributed by atoms with Crippen LogP contribution in [0.25, 0.3) is 0 Å². The van der Waals surface area contributed by atoms with Gasteiger partial charge in [0.05, 0.1) is 11.4 Å². The Hall–Kier alpha value is -1.96. The van der Waals surface area contributed by atoms with Crippen molar-refractivity contribution in [2.75, 3.05) is 11.5 Å². The maximum Gasteiger partial charge on any atom is 0.0589 e. The van der Waals surface area contributed by atoms with Gasteiger partial charge in [0.2, 0.25) is 0 Å². The summed E-state index contributed by atoms with van der Waals surface area (Å²) in [5.74, 6) is 0. The van der Waals surface area contributed by atoms with Crippen molar-refractivity contribution in [3.63, 3.8) is 0 Å². The van der Waals surface area contributed by atoms with Crippen LogP contribution in [-0.2, 0) is 5.41 Å². The van der Waals surface area contributed by atoms with Crippen molar-refractivity contribution in [2.24, 2.45) is 0 Å². The second-order valence-corrected chi connectivity index (χ2v) is 4.80. The molecule has 17 heavy (non-hydrogen) atoms. The topological polar surface area (TPSA) is 52.0 Å². The van der Waals surface area contributed by atoms with E-state index >= 15 is 0 Å². The molecule has 0 amide bonds. The molecule has 0 radical (unpaired) electrons. The van der Waals surface area contributed by atoms with Crippen molar-refractivity contribution >= 4 is 11.4 Å². The van der Waals surface area contributed by atoms with E-state index in [0.29, 0.717) is 11.4 Å². The number of nitrogen functional groups attached to an aromatic ring is 2. The third-order valence-electron chi connectivity index (χ3n) is 3.31. The first kappa shape index (κ1) is 11.5. The lowest BCUT2D eigenvalue weighted by molar-refractivity contribution is 0.643. The normalized spacial score (nSPS) is 11.4. The number of para-hydroxylation sites is 1. The quantitative estimate of drug-likeness (QED) is 0.773. The molecule has 88 valence electrons. The summed E-state index contributed by atoms with van der Waals surface area (Å²) < 4.78 is 0. The Morgan fingerprint density at radius 2 is 1.47 bits per heavy atom. The van der Waals surface area contributed by atoms with Gasteiger partial charge in [-0.25, -0.2) is 0 Å². The number of rotatable bonds is 2. The number of hydrogen-bond donors (Lipinski definition) is 2. The summed E-state index contributed by atoms with van der Waals surface area (Å²) in [7, 11) is 0. The summed E-state index contributed by atoms with van der Waals surface area (Å²) in [6.07, 6.45) is 0. The molecule has 0 heterocycles. The summed E-state index contributed by atoms with van der Waals surface area (Å²) in [5.41, 5.74) is 15.4. The Morgan fingerprint density at radius 1 is 0.824 bits per heavy atom. The van der Waals surface area contributed by atoms with Crippen molar-refractivity contribution in [1.82, 2.24) is 0 Å². The summed E-state index contributed by atoms with van der Waals surface area (Å²) in [5, 5.41) is 0. The molecule has 0 aromatic heterocycles. The molecule has 2 rings (SSSR count). The molecule has 0 aliphatic rings. The van der Waals surface area contributed by atoms with Gasteiger partial charge in [-0.1, -0.05) is 56.3 Å². The van der Waals surface area contributed by atoms with E-state index in [-0.39, 0.29) is 5.41 Å². The first-order chi connectivity index (χ1) is 8.03. The zero-order valence-corrected chi connectivity index (χ0v) is 10.3. The van der Waals surface area contributed by atoms with Gasteiger partial charge in [0.25, 0.3) is 0 Å². The number of nitrogens with two attached hydrogens (primary N) is 2. The first-order valence-electron chi connectivity index (χ1n) is 5.73. The minimum absolute atomic E-state index is 0.138. The molecular weight excluding hydrogens is 208 g/mol. The van der Waals surface area contributed by atoms with E-state index in [1.54, 1.807) is 0 Å². The highest BCUT2D eigenvalue weighted by molar-refractivity contribution is 5.70. The van der Waals surface area contributed by atoms with E-state index in [1.165, 1.54) is 5.56 Å². The highest BCUT2D eigenvalue weighted by Crippen LogP contribution is 2.36. The van der Waals surface area contributed by atoms with Crippen molar-refractivity contribution in [1.29, 1.82) is 0 Å². The summed E-state index contributed by atoms with van der Waals surface area (Å²) in [6.45, 7) is 4.32. The maximum atomic E-state index is 6.08. The fourth-order valence-electron chi connectivity index (χ4n) is 2.14. The second kappa shape index (κ2) is 4.13. The summed E-state index contributed by atoms with van der Waals surface area (Å²) in [6, 6.07) is 16.1. The molecule has 0 fully saturated rings. The van der Waals surface area contributed by atoms with Crippen molar-refractivity contribution in [2.45, 2.75) is 19.3 Å². The molecule has 0 aliphatic carbocycles. The average molecular weight is 226 g/mol. The van der Waals surface area contributed by atoms with Gasteiger partial charge in [-0.2, -0.15) is 0 Å². The number of hydrogen-bond acceptors (Lipinski definition) is 2. The van der Waals surface area contributed by atoms with Gasteiger partial charge in [-0.3, -0.25) is 0 Å². The molecule has 4 N–H and O–H groups in total. The number of anilines is 2. The highest BCUT2D eigenvalue weighted by atomic mass is 14.7. The molecule has 0 bridgehead atoms. The molecule has 0 atom stereocenters. The van der Waals surface area contributed by atoms with E-state index in [4.69, 9.17) is 11.5 Å². The molecule has 2 heteroatoms. The van der Waals surface area contributed by atoms with Gasteiger partial charge in [-0.05, 0) is 17.2 Å². The van der Waals surface area contributed by atoms with Gasteiger partial charge in [0.15, 0.2) is 0 Å². The fourth-order valence-corrected chi connectivity index (χ4v) is 2.14. The van der Waals surface area contributed by atoms with Crippen LogP contribution in [0.2, 0.25) is 0 Å². The summed E-state index contributed by atoms with van der Waals surface area (Å²) in [4.78, 5) is 0. The molecule has 0 saturated carbocycles. The van der Waals surface area contributed by atoms with E-state index in [9.17, 15) is 0 Å². The van der Waals surface area contributed by atoms with Crippen LogP contribution >= 0.6 is 0 Å². The predicted molar refractivity (Wildman–Crippen MR) is 73.8 cm³/mol. The minimum atomic E-state index is -0.138. The Labute approximate surface area is 102 Å². The Bertz CT molecular complexity index is 516. The zero-order valence-electron chi connectivity index (χ0n) is 10.3. The van der Waals surface area contributed by atoms with Crippen LogP contribution in [0.1, 0.15) is 25.0 Å². The molecule has 2 aromatic carbocycles. The molecule has 0 spiro atoms. The molecule has 2 nitrogen and oxygen atoms in total. The highest BCUT2D eigenvalue weighted by Gasteiger charge is 2.25. The van der Waals surface area contributed by atoms with Gasteiger partial charge in [0.1, 0.15) is 0 Å². The van der Waals surface area contributed by atoms with Crippen LogP contribution in [0.4, 0.5) is 11.4 Å². The molecule has 0 aliphatic heterocycles. The molecular formula is C15H18N2. The molecule has 0 saturated heterocycles. The van der Waals surface area contributed by atoms with Crippen molar-refractivity contribution in [3.8, 4) is 0 Å². The van der Waals surface area contributed by atoms with E-state index in [0.717, 1.165) is 5.56 Å². The lowest BCUT2D eigenvalue weighted by atomic mass is 9.77. The van der Waals surface area contributed by atoms with Crippen LogP contribution in [0.15, 0.2) is 48.5 Å². The predicted octanol–water partition coefficient (Wildman–Crippen LogP) is 3.18. The van der Waals surface area contributed by atoms with Gasteiger partial charge in [-0.15, -0.1) is 0 Å². The standard InChI is InChI=1S/C15H18N2/c1-15(2,11-7-4-3-5-8-11)12-9-6-10-13(16)14(12)17/h3-10H,16-17H2,1-2H3. The largest absolute Gasteiger partial charge is 0.397 e. The maximum absolute atomic E-state index is 6.08. The second-order valence-electron chi connectivity index (χ2n) is 4.80. The smallest absolute Gasteiger partial charge is 0.0589 e. The van der Waals surface area contributed by atoms with E-state index in [1.807, 2.05) is 36.4 Å². The third-order valence-corrected chi connectivity index (χ3v) is 3.31. The Balaban J connectivity index is 2.56.